The number of nitrogens with one attached hydrogen (secondary N) is 1. The summed E-state index contributed by atoms with van der Waals surface area (Å²) in [6, 6.07) is 23.1. The number of rotatable bonds is 9. The highest BCUT2D eigenvalue weighted by Crippen LogP contribution is 2.36. The molecule has 2 N–H and O–H groups in total. The minimum Gasteiger partial charge on any atom is -0.493 e. The van der Waals surface area contributed by atoms with E-state index in [1.54, 1.807) is 30.3 Å². The standard InChI is InChI=1S/C28H28N2O5/c1-3-10-20-15-16-24(25(17-20)34-2)35-19-23(31)18-30-26(32)28(29-27(30)33,21-11-6-4-7-12-21)22-13-8-5-9-14-22/h3-17,23,31H,18-19H2,1-2H3,(H,29,33)/b10-3+/t23-/m1/s1. The highest BCUT2D eigenvalue weighted by molar-refractivity contribution is 6.09. The predicted molar refractivity (Wildman–Crippen MR) is 133 cm³/mol. The second-order valence-corrected chi connectivity index (χ2v) is 8.20. The maximum atomic E-state index is 13.7. The zero-order valence-electron chi connectivity index (χ0n) is 19.7. The number of carbonyl (C=O) groups excluding carboxylic acids is 2. The average molecular weight is 473 g/mol. The third-order valence-corrected chi connectivity index (χ3v) is 5.89. The molecule has 1 saturated heterocycles. The minimum atomic E-state index is -1.37. The third-order valence-electron chi connectivity index (χ3n) is 5.89. The molecule has 3 aromatic carbocycles. The lowest BCUT2D eigenvalue weighted by molar-refractivity contribution is -0.131. The van der Waals surface area contributed by atoms with Crippen molar-refractivity contribution >= 4 is 18.0 Å². The summed E-state index contributed by atoms with van der Waals surface area (Å²) in [5, 5.41) is 13.5. The number of nitrogens with zero attached hydrogens (tertiary/aromatic N) is 1. The number of aliphatic hydroxyl groups is 1. The van der Waals surface area contributed by atoms with Crippen molar-refractivity contribution in [2.24, 2.45) is 0 Å². The molecule has 1 aliphatic heterocycles. The van der Waals surface area contributed by atoms with E-state index in [1.165, 1.54) is 7.11 Å². The molecule has 1 atom stereocenters. The Morgan fingerprint density at radius 2 is 1.60 bits per heavy atom. The van der Waals surface area contributed by atoms with Crippen LogP contribution in [0.1, 0.15) is 23.6 Å². The summed E-state index contributed by atoms with van der Waals surface area (Å²) in [4.78, 5) is 27.7. The molecule has 0 saturated carbocycles. The van der Waals surface area contributed by atoms with Gasteiger partial charge in [0.25, 0.3) is 5.91 Å². The van der Waals surface area contributed by atoms with E-state index in [1.807, 2.05) is 67.6 Å². The number of hydrogen-bond donors (Lipinski definition) is 2. The van der Waals surface area contributed by atoms with E-state index in [0.29, 0.717) is 22.6 Å². The molecule has 1 fully saturated rings. The summed E-state index contributed by atoms with van der Waals surface area (Å²) in [5.41, 5.74) is 0.869. The number of aliphatic hydroxyl groups excluding tert-OH is 1. The Bertz CT molecular complexity index is 1170. The van der Waals surface area contributed by atoms with Crippen molar-refractivity contribution in [3.63, 3.8) is 0 Å². The highest BCUT2D eigenvalue weighted by Gasteiger charge is 2.53. The number of β-amino-alcohol motifs (C(OH)–C–C–N with tert-alkyl or cyclic N) is 1. The van der Waals surface area contributed by atoms with Crippen LogP contribution >= 0.6 is 0 Å². The Morgan fingerprint density at radius 3 is 2.17 bits per heavy atom. The molecule has 0 radical (unpaired) electrons. The van der Waals surface area contributed by atoms with Crippen LogP contribution in [-0.2, 0) is 10.3 Å². The number of carbonyl (C=O) groups is 2. The number of hydrogen-bond acceptors (Lipinski definition) is 5. The normalized spacial score (nSPS) is 15.8. The number of ether oxygens (including phenoxy) is 2. The van der Waals surface area contributed by atoms with E-state index in [9.17, 15) is 14.7 Å². The van der Waals surface area contributed by atoms with Crippen molar-refractivity contribution in [1.29, 1.82) is 0 Å². The SMILES string of the molecule is C/C=C/c1ccc(OC[C@H](O)CN2C(=O)NC(c3ccccc3)(c3ccccc3)C2=O)c(OC)c1. The fourth-order valence-electron chi connectivity index (χ4n) is 4.23. The highest BCUT2D eigenvalue weighted by atomic mass is 16.5. The zero-order valence-corrected chi connectivity index (χ0v) is 19.7. The maximum absolute atomic E-state index is 13.7. The van der Waals surface area contributed by atoms with Crippen LogP contribution in [0.2, 0.25) is 0 Å². The summed E-state index contributed by atoms with van der Waals surface area (Å²) in [7, 11) is 1.54. The Kier molecular flexibility index (Phi) is 7.17. The number of methoxy groups -OCH3 is 1. The maximum Gasteiger partial charge on any atom is 0.325 e. The van der Waals surface area contributed by atoms with Crippen LogP contribution in [0.15, 0.2) is 84.9 Å². The smallest absolute Gasteiger partial charge is 0.325 e. The Balaban J connectivity index is 1.52. The molecule has 0 aromatic heterocycles. The first-order chi connectivity index (χ1) is 17.0. The van der Waals surface area contributed by atoms with E-state index in [0.717, 1.165) is 10.5 Å². The minimum absolute atomic E-state index is 0.125. The molecule has 1 heterocycles. The monoisotopic (exact) mass is 472 g/mol. The van der Waals surface area contributed by atoms with Crippen LogP contribution < -0.4 is 14.8 Å². The molecule has 0 unspecified atom stereocenters. The van der Waals surface area contributed by atoms with E-state index in [2.05, 4.69) is 5.32 Å². The summed E-state index contributed by atoms with van der Waals surface area (Å²) < 4.78 is 11.1. The second-order valence-electron chi connectivity index (χ2n) is 8.20. The van der Waals surface area contributed by atoms with Crippen molar-refractivity contribution in [3.8, 4) is 11.5 Å². The van der Waals surface area contributed by atoms with Crippen LogP contribution in [0.3, 0.4) is 0 Å². The van der Waals surface area contributed by atoms with Crippen molar-refractivity contribution < 1.29 is 24.2 Å². The molecule has 7 heteroatoms. The number of imide groups is 1. The topological polar surface area (TPSA) is 88.1 Å². The molecule has 0 aliphatic carbocycles. The van der Waals surface area contributed by atoms with Crippen LogP contribution in [0.4, 0.5) is 4.79 Å². The average Bonchev–Trinajstić information content (AvgIpc) is 3.14. The first-order valence-electron chi connectivity index (χ1n) is 11.4. The van der Waals surface area contributed by atoms with E-state index >= 15 is 0 Å². The molecule has 1 aliphatic rings. The molecule has 35 heavy (non-hydrogen) atoms. The van der Waals surface area contributed by atoms with Gasteiger partial charge in [-0.15, -0.1) is 0 Å². The van der Waals surface area contributed by atoms with Crippen LogP contribution in [0.5, 0.6) is 11.5 Å². The van der Waals surface area contributed by atoms with Crippen LogP contribution in [-0.4, -0.2) is 48.3 Å². The Morgan fingerprint density at radius 1 is 0.971 bits per heavy atom. The number of benzene rings is 3. The van der Waals surface area contributed by atoms with Gasteiger partial charge in [0.05, 0.1) is 13.7 Å². The third kappa shape index (κ3) is 4.76. The molecule has 180 valence electrons. The summed E-state index contributed by atoms with van der Waals surface area (Å²) in [6.45, 7) is 1.58. The first kappa shape index (κ1) is 24.0. The molecular formula is C28H28N2O5. The largest absolute Gasteiger partial charge is 0.493 e. The molecule has 0 spiro atoms. The zero-order chi connectivity index (χ0) is 24.8. The lowest BCUT2D eigenvalue weighted by Crippen LogP contribution is -2.46. The number of amides is 3. The van der Waals surface area contributed by atoms with Gasteiger partial charge >= 0.3 is 6.03 Å². The van der Waals surface area contributed by atoms with Gasteiger partial charge in [-0.2, -0.15) is 0 Å². The van der Waals surface area contributed by atoms with Crippen molar-refractivity contribution in [3.05, 3.63) is 102 Å². The van der Waals surface area contributed by atoms with Gasteiger partial charge in [0.2, 0.25) is 0 Å². The van der Waals surface area contributed by atoms with Gasteiger partial charge in [-0.05, 0) is 35.7 Å². The van der Waals surface area contributed by atoms with Crippen LogP contribution in [0.25, 0.3) is 6.08 Å². The van der Waals surface area contributed by atoms with Crippen molar-refractivity contribution in [2.75, 3.05) is 20.3 Å². The summed E-state index contributed by atoms with van der Waals surface area (Å²) in [6.07, 6.45) is 2.75. The van der Waals surface area contributed by atoms with Gasteiger partial charge in [-0.1, -0.05) is 78.9 Å². The lowest BCUT2D eigenvalue weighted by Gasteiger charge is -2.28. The number of allylic oxidation sites excluding steroid dienone is 1. The van der Waals surface area contributed by atoms with Gasteiger partial charge in [0.1, 0.15) is 12.7 Å². The molecule has 7 nitrogen and oxygen atoms in total. The summed E-state index contributed by atoms with van der Waals surface area (Å²) in [5.74, 6) is 0.530. The second kappa shape index (κ2) is 10.4. The number of urea groups is 1. The predicted octanol–water partition coefficient (Wildman–Crippen LogP) is 3.96. The van der Waals surface area contributed by atoms with Crippen molar-refractivity contribution in [2.45, 2.75) is 18.6 Å². The molecule has 3 aromatic rings. The van der Waals surface area contributed by atoms with E-state index < -0.39 is 23.6 Å². The first-order valence-corrected chi connectivity index (χ1v) is 11.4. The van der Waals surface area contributed by atoms with Gasteiger partial charge in [0.15, 0.2) is 17.0 Å². The van der Waals surface area contributed by atoms with Crippen molar-refractivity contribution in [1.82, 2.24) is 10.2 Å². The molecule has 3 amide bonds. The van der Waals surface area contributed by atoms with Gasteiger partial charge in [0, 0.05) is 0 Å². The quantitative estimate of drug-likeness (QED) is 0.460. The molecular weight excluding hydrogens is 444 g/mol. The molecule has 4 rings (SSSR count). The van der Waals surface area contributed by atoms with E-state index in [4.69, 9.17) is 9.47 Å². The fraction of sp³-hybridized carbons (Fsp3) is 0.214. The van der Waals surface area contributed by atoms with Gasteiger partial charge < -0.3 is 19.9 Å². The Labute approximate surface area is 204 Å². The fourth-order valence-corrected chi connectivity index (χ4v) is 4.23. The summed E-state index contributed by atoms with van der Waals surface area (Å²) >= 11 is 0. The molecule has 0 bridgehead atoms. The van der Waals surface area contributed by atoms with Gasteiger partial charge in [-0.25, -0.2) is 4.79 Å². The Hall–Kier alpha value is -4.10. The lowest BCUT2D eigenvalue weighted by atomic mass is 9.82. The van der Waals surface area contributed by atoms with E-state index in [-0.39, 0.29) is 13.2 Å². The van der Waals surface area contributed by atoms with Gasteiger partial charge in [-0.3, -0.25) is 9.69 Å². The van der Waals surface area contributed by atoms with Crippen LogP contribution in [0, 0.1) is 0 Å².